The number of aryl methyl sites for hydroxylation is 1. The number of rotatable bonds is 5. The Hall–Kier alpha value is -1.07. The smallest absolute Gasteiger partial charge is 0.317 e. The Morgan fingerprint density at radius 1 is 1.62 bits per heavy atom. The number of nitrogens with zero attached hydrogens (tertiary/aromatic N) is 1. The van der Waals surface area contributed by atoms with Gasteiger partial charge in [0.05, 0.1) is 0 Å². The molecule has 1 fully saturated rings. The van der Waals surface area contributed by atoms with E-state index in [1.807, 2.05) is 4.90 Å². The Balaban J connectivity index is 1.65. The van der Waals surface area contributed by atoms with Gasteiger partial charge in [0.1, 0.15) is 0 Å². The standard InChI is InChI=1S/C11H17N3OS/c1-9-2-7-16-10(9)8-12-3-5-14-6-4-13-11(14)15/h2,7,12H,3-6,8H2,1H3,(H,13,15). The van der Waals surface area contributed by atoms with Crippen molar-refractivity contribution in [3.63, 3.8) is 0 Å². The van der Waals surface area contributed by atoms with Crippen LogP contribution in [0.4, 0.5) is 4.79 Å². The summed E-state index contributed by atoms with van der Waals surface area (Å²) in [5, 5.41) is 8.27. The predicted octanol–water partition coefficient (Wildman–Crippen LogP) is 1.17. The molecule has 1 saturated heterocycles. The van der Waals surface area contributed by atoms with Gasteiger partial charge >= 0.3 is 6.03 Å². The number of nitrogens with one attached hydrogen (secondary N) is 2. The van der Waals surface area contributed by atoms with Crippen molar-refractivity contribution in [2.24, 2.45) is 0 Å². The third-order valence-corrected chi connectivity index (χ3v) is 3.78. The van der Waals surface area contributed by atoms with E-state index in [0.717, 1.165) is 32.7 Å². The normalized spacial score (nSPS) is 15.6. The lowest BCUT2D eigenvalue weighted by atomic mass is 10.3. The molecule has 88 valence electrons. The molecule has 0 bridgehead atoms. The van der Waals surface area contributed by atoms with Gasteiger partial charge in [-0.1, -0.05) is 0 Å². The van der Waals surface area contributed by atoms with Crippen LogP contribution in [0.2, 0.25) is 0 Å². The molecule has 1 aromatic heterocycles. The fourth-order valence-corrected chi connectivity index (χ4v) is 2.60. The van der Waals surface area contributed by atoms with E-state index >= 15 is 0 Å². The van der Waals surface area contributed by atoms with Crippen molar-refractivity contribution < 1.29 is 4.79 Å². The minimum absolute atomic E-state index is 0.0640. The Morgan fingerprint density at radius 2 is 2.50 bits per heavy atom. The van der Waals surface area contributed by atoms with Crippen LogP contribution in [0.5, 0.6) is 0 Å². The highest BCUT2D eigenvalue weighted by Crippen LogP contribution is 2.14. The van der Waals surface area contributed by atoms with E-state index in [0.29, 0.717) is 0 Å². The minimum atomic E-state index is 0.0640. The maximum atomic E-state index is 11.2. The molecule has 5 heteroatoms. The predicted molar refractivity (Wildman–Crippen MR) is 65.7 cm³/mol. The zero-order chi connectivity index (χ0) is 11.4. The molecule has 1 aliphatic rings. The molecule has 2 heterocycles. The van der Waals surface area contributed by atoms with Crippen LogP contribution >= 0.6 is 11.3 Å². The van der Waals surface area contributed by atoms with E-state index in [2.05, 4.69) is 29.0 Å². The fraction of sp³-hybridized carbons (Fsp3) is 0.545. The average Bonchev–Trinajstić information content (AvgIpc) is 2.84. The van der Waals surface area contributed by atoms with Crippen molar-refractivity contribution in [2.45, 2.75) is 13.5 Å². The summed E-state index contributed by atoms with van der Waals surface area (Å²) in [4.78, 5) is 14.5. The number of hydrogen-bond donors (Lipinski definition) is 2. The third-order valence-electron chi connectivity index (χ3n) is 2.76. The van der Waals surface area contributed by atoms with Gasteiger partial charge < -0.3 is 15.5 Å². The summed E-state index contributed by atoms with van der Waals surface area (Å²) in [6.45, 7) is 6.28. The number of thiophene rings is 1. The second-order valence-corrected chi connectivity index (χ2v) is 4.92. The molecular formula is C11H17N3OS. The van der Waals surface area contributed by atoms with Crippen molar-refractivity contribution in [3.8, 4) is 0 Å². The Morgan fingerprint density at radius 3 is 3.12 bits per heavy atom. The monoisotopic (exact) mass is 239 g/mol. The van der Waals surface area contributed by atoms with Gasteiger partial charge in [-0.25, -0.2) is 4.79 Å². The molecule has 0 radical (unpaired) electrons. The highest BCUT2D eigenvalue weighted by atomic mass is 32.1. The number of hydrogen-bond acceptors (Lipinski definition) is 3. The summed E-state index contributed by atoms with van der Waals surface area (Å²) < 4.78 is 0. The van der Waals surface area contributed by atoms with Gasteiger partial charge in [-0.2, -0.15) is 0 Å². The van der Waals surface area contributed by atoms with Crippen molar-refractivity contribution in [1.29, 1.82) is 0 Å². The summed E-state index contributed by atoms with van der Waals surface area (Å²) in [5.74, 6) is 0. The molecule has 0 saturated carbocycles. The molecular weight excluding hydrogens is 222 g/mol. The van der Waals surface area contributed by atoms with Gasteiger partial charge in [0.2, 0.25) is 0 Å². The van der Waals surface area contributed by atoms with Crippen LogP contribution < -0.4 is 10.6 Å². The second kappa shape index (κ2) is 5.32. The molecule has 1 aromatic rings. The van der Waals surface area contributed by atoms with Gasteiger partial charge in [0.25, 0.3) is 0 Å². The molecule has 16 heavy (non-hydrogen) atoms. The maximum absolute atomic E-state index is 11.2. The van der Waals surface area contributed by atoms with Crippen molar-refractivity contribution in [3.05, 3.63) is 21.9 Å². The summed E-state index contributed by atoms with van der Waals surface area (Å²) >= 11 is 1.78. The molecule has 4 nitrogen and oxygen atoms in total. The Kier molecular flexibility index (Phi) is 3.79. The molecule has 0 aliphatic carbocycles. The summed E-state index contributed by atoms with van der Waals surface area (Å²) in [6.07, 6.45) is 0. The van der Waals surface area contributed by atoms with Crippen molar-refractivity contribution in [1.82, 2.24) is 15.5 Å². The first-order valence-electron chi connectivity index (χ1n) is 5.54. The molecule has 2 rings (SSSR count). The molecule has 2 amide bonds. The first-order chi connectivity index (χ1) is 7.77. The van der Waals surface area contributed by atoms with E-state index in [1.165, 1.54) is 10.4 Å². The van der Waals surface area contributed by atoms with Crippen molar-refractivity contribution in [2.75, 3.05) is 26.2 Å². The molecule has 0 spiro atoms. The SMILES string of the molecule is Cc1ccsc1CNCCN1CCNC1=O. The summed E-state index contributed by atoms with van der Waals surface area (Å²) in [6, 6.07) is 2.20. The first kappa shape index (κ1) is 11.4. The van der Waals surface area contributed by atoms with E-state index in [-0.39, 0.29) is 6.03 Å². The number of carbonyl (C=O) groups is 1. The van der Waals surface area contributed by atoms with Gasteiger partial charge in [-0.15, -0.1) is 11.3 Å². The number of carbonyl (C=O) groups excluding carboxylic acids is 1. The quantitative estimate of drug-likeness (QED) is 0.758. The largest absolute Gasteiger partial charge is 0.336 e. The van der Waals surface area contributed by atoms with Gasteiger partial charge in [-0.3, -0.25) is 0 Å². The van der Waals surface area contributed by atoms with Crippen LogP contribution in [-0.4, -0.2) is 37.1 Å². The zero-order valence-corrected chi connectivity index (χ0v) is 10.3. The summed E-state index contributed by atoms with van der Waals surface area (Å²) in [5.41, 5.74) is 1.34. The molecule has 0 aromatic carbocycles. The minimum Gasteiger partial charge on any atom is -0.336 e. The second-order valence-electron chi connectivity index (χ2n) is 3.92. The fourth-order valence-electron chi connectivity index (χ4n) is 1.73. The Labute approximate surface area is 99.6 Å². The lowest BCUT2D eigenvalue weighted by Crippen LogP contribution is -2.34. The lowest BCUT2D eigenvalue weighted by molar-refractivity contribution is 0.217. The Bertz CT molecular complexity index is 364. The maximum Gasteiger partial charge on any atom is 0.317 e. The van der Waals surface area contributed by atoms with Crippen LogP contribution in [0.1, 0.15) is 10.4 Å². The van der Waals surface area contributed by atoms with Crippen LogP contribution in [0.15, 0.2) is 11.4 Å². The molecule has 1 aliphatic heterocycles. The highest BCUT2D eigenvalue weighted by molar-refractivity contribution is 7.10. The molecule has 2 N–H and O–H groups in total. The van der Waals surface area contributed by atoms with E-state index < -0.39 is 0 Å². The number of amides is 2. The molecule has 0 atom stereocenters. The highest BCUT2D eigenvalue weighted by Gasteiger charge is 2.17. The van der Waals surface area contributed by atoms with Crippen LogP contribution in [0.3, 0.4) is 0 Å². The van der Waals surface area contributed by atoms with E-state index in [1.54, 1.807) is 11.3 Å². The topological polar surface area (TPSA) is 44.4 Å². The van der Waals surface area contributed by atoms with Crippen LogP contribution in [0.25, 0.3) is 0 Å². The molecule has 0 unspecified atom stereocenters. The van der Waals surface area contributed by atoms with E-state index in [9.17, 15) is 4.79 Å². The average molecular weight is 239 g/mol. The van der Waals surface area contributed by atoms with Crippen molar-refractivity contribution >= 4 is 17.4 Å². The van der Waals surface area contributed by atoms with Gasteiger partial charge in [0.15, 0.2) is 0 Å². The van der Waals surface area contributed by atoms with Crippen LogP contribution in [-0.2, 0) is 6.54 Å². The number of urea groups is 1. The summed E-state index contributed by atoms with van der Waals surface area (Å²) in [7, 11) is 0. The van der Waals surface area contributed by atoms with E-state index in [4.69, 9.17) is 0 Å². The van der Waals surface area contributed by atoms with Gasteiger partial charge in [-0.05, 0) is 23.9 Å². The van der Waals surface area contributed by atoms with Gasteiger partial charge in [0, 0.05) is 37.6 Å². The third kappa shape index (κ3) is 2.74. The lowest BCUT2D eigenvalue weighted by Gasteiger charge is -2.14. The van der Waals surface area contributed by atoms with Crippen LogP contribution in [0, 0.1) is 6.92 Å². The zero-order valence-electron chi connectivity index (χ0n) is 9.45. The first-order valence-corrected chi connectivity index (χ1v) is 6.42.